The van der Waals surface area contributed by atoms with Crippen LogP contribution in [-0.2, 0) is 0 Å². The molecule has 0 saturated carbocycles. The molecular weight excluding hydrogens is 220 g/mol. The molecule has 0 aliphatic rings. The van der Waals surface area contributed by atoms with E-state index in [1.165, 1.54) is 0 Å². The predicted octanol–water partition coefficient (Wildman–Crippen LogP) is 1.86. The largest absolute Gasteiger partial charge is 0.476 e. The van der Waals surface area contributed by atoms with Crippen LogP contribution in [0.2, 0.25) is 0 Å². The summed E-state index contributed by atoms with van der Waals surface area (Å²) in [5.74, 6) is -1.03. The molecule has 2 heterocycles. The number of nitrogens with zero attached hydrogens (tertiary/aromatic N) is 3. The maximum absolute atomic E-state index is 11.2. The average Bonchev–Trinajstić information content (AvgIpc) is 2.82. The zero-order chi connectivity index (χ0) is 12.6. The van der Waals surface area contributed by atoms with Crippen molar-refractivity contribution in [1.82, 2.24) is 20.0 Å². The van der Waals surface area contributed by atoms with Crippen molar-refractivity contribution in [2.45, 2.75) is 26.8 Å². The van der Waals surface area contributed by atoms with Gasteiger partial charge in [-0.2, -0.15) is 10.2 Å². The number of aromatic nitrogens is 4. The highest BCUT2D eigenvalue weighted by atomic mass is 16.4. The molecule has 0 unspecified atom stereocenters. The van der Waals surface area contributed by atoms with E-state index in [-0.39, 0.29) is 11.7 Å². The van der Waals surface area contributed by atoms with Crippen molar-refractivity contribution in [2.75, 3.05) is 0 Å². The molecule has 2 aromatic rings. The maximum Gasteiger partial charge on any atom is 0.357 e. The Morgan fingerprint density at radius 1 is 1.53 bits per heavy atom. The SMILES string of the molecule is Cc1cn[nH]c1-c1cn(C(C)C)nc1C(=O)O. The van der Waals surface area contributed by atoms with E-state index in [2.05, 4.69) is 15.3 Å². The number of hydrogen-bond acceptors (Lipinski definition) is 3. The lowest BCUT2D eigenvalue weighted by atomic mass is 10.1. The van der Waals surface area contributed by atoms with Crippen molar-refractivity contribution in [1.29, 1.82) is 0 Å². The second-order valence-corrected chi connectivity index (χ2v) is 4.20. The van der Waals surface area contributed by atoms with Gasteiger partial charge in [0.2, 0.25) is 0 Å². The fraction of sp³-hybridized carbons (Fsp3) is 0.364. The lowest BCUT2D eigenvalue weighted by Crippen LogP contribution is -2.04. The minimum Gasteiger partial charge on any atom is -0.476 e. The summed E-state index contributed by atoms with van der Waals surface area (Å²) in [6, 6.07) is 0.116. The van der Waals surface area contributed by atoms with Crippen LogP contribution in [0.4, 0.5) is 0 Å². The molecule has 0 aromatic carbocycles. The molecule has 0 atom stereocenters. The summed E-state index contributed by atoms with van der Waals surface area (Å²) in [7, 11) is 0. The van der Waals surface area contributed by atoms with E-state index >= 15 is 0 Å². The van der Waals surface area contributed by atoms with E-state index in [1.807, 2.05) is 20.8 Å². The van der Waals surface area contributed by atoms with Crippen LogP contribution in [0.5, 0.6) is 0 Å². The molecule has 2 rings (SSSR count). The molecule has 2 N–H and O–H groups in total. The number of H-pyrrole nitrogens is 1. The van der Waals surface area contributed by atoms with Gasteiger partial charge in [-0.05, 0) is 26.3 Å². The van der Waals surface area contributed by atoms with Crippen LogP contribution in [0, 0.1) is 6.92 Å². The highest BCUT2D eigenvalue weighted by Gasteiger charge is 2.20. The van der Waals surface area contributed by atoms with Gasteiger partial charge in [0.25, 0.3) is 0 Å². The molecule has 0 bridgehead atoms. The molecule has 2 aromatic heterocycles. The molecule has 0 saturated heterocycles. The standard InChI is InChI=1S/C11H14N4O2/c1-6(2)15-5-8(10(14-15)11(16)17)9-7(3)4-12-13-9/h4-6H,1-3H3,(H,12,13)(H,16,17). The first-order valence-electron chi connectivity index (χ1n) is 5.33. The molecular formula is C11H14N4O2. The van der Waals surface area contributed by atoms with Crippen LogP contribution in [0.25, 0.3) is 11.3 Å². The Hall–Kier alpha value is -2.11. The third-order valence-electron chi connectivity index (χ3n) is 2.56. The van der Waals surface area contributed by atoms with E-state index in [4.69, 9.17) is 5.11 Å². The molecule has 0 fully saturated rings. The predicted molar refractivity (Wildman–Crippen MR) is 61.9 cm³/mol. The van der Waals surface area contributed by atoms with Crippen molar-refractivity contribution in [3.8, 4) is 11.3 Å². The molecule has 0 amide bonds. The van der Waals surface area contributed by atoms with Crippen LogP contribution in [0.15, 0.2) is 12.4 Å². The number of aryl methyl sites for hydroxylation is 1. The molecule has 6 heteroatoms. The molecule has 0 radical (unpaired) electrons. The molecule has 0 aliphatic heterocycles. The van der Waals surface area contributed by atoms with Gasteiger partial charge in [-0.3, -0.25) is 9.78 Å². The van der Waals surface area contributed by atoms with E-state index in [1.54, 1.807) is 17.1 Å². The molecule has 0 aliphatic carbocycles. The van der Waals surface area contributed by atoms with Crippen molar-refractivity contribution < 1.29 is 9.90 Å². The van der Waals surface area contributed by atoms with Crippen molar-refractivity contribution in [3.63, 3.8) is 0 Å². The number of hydrogen-bond donors (Lipinski definition) is 2. The van der Waals surface area contributed by atoms with Crippen LogP contribution < -0.4 is 0 Å². The van der Waals surface area contributed by atoms with E-state index < -0.39 is 5.97 Å². The maximum atomic E-state index is 11.2. The van der Waals surface area contributed by atoms with Gasteiger partial charge >= 0.3 is 5.97 Å². The first-order chi connectivity index (χ1) is 8.00. The van der Waals surface area contributed by atoms with Crippen molar-refractivity contribution in [2.24, 2.45) is 0 Å². The number of carbonyl (C=O) groups is 1. The fourth-order valence-corrected chi connectivity index (χ4v) is 1.62. The zero-order valence-corrected chi connectivity index (χ0v) is 9.93. The molecule has 17 heavy (non-hydrogen) atoms. The third kappa shape index (κ3) is 1.93. The number of aromatic carboxylic acids is 1. The van der Waals surface area contributed by atoms with Crippen molar-refractivity contribution >= 4 is 5.97 Å². The number of carboxylic acid groups (broad SMARTS) is 1. The highest BCUT2D eigenvalue weighted by molar-refractivity contribution is 5.93. The molecule has 90 valence electrons. The first-order valence-corrected chi connectivity index (χ1v) is 5.33. The Balaban J connectivity index is 2.60. The Morgan fingerprint density at radius 3 is 2.71 bits per heavy atom. The lowest BCUT2D eigenvalue weighted by Gasteiger charge is -2.02. The second-order valence-electron chi connectivity index (χ2n) is 4.20. The van der Waals surface area contributed by atoms with E-state index in [9.17, 15) is 4.79 Å². The summed E-state index contributed by atoms with van der Waals surface area (Å²) in [5, 5.41) is 19.9. The van der Waals surface area contributed by atoms with E-state index in [0.717, 1.165) is 5.56 Å². The Labute approximate surface area is 98.3 Å². The number of carboxylic acids is 1. The van der Waals surface area contributed by atoms with Gasteiger partial charge in [0, 0.05) is 12.2 Å². The van der Waals surface area contributed by atoms with Gasteiger partial charge < -0.3 is 5.11 Å². The Kier molecular flexibility index (Phi) is 2.71. The van der Waals surface area contributed by atoms with Crippen molar-refractivity contribution in [3.05, 3.63) is 23.7 Å². The van der Waals surface area contributed by atoms with Crippen LogP contribution in [0.1, 0.15) is 35.9 Å². The Morgan fingerprint density at radius 2 is 2.24 bits per heavy atom. The summed E-state index contributed by atoms with van der Waals surface area (Å²) in [5.41, 5.74) is 2.22. The summed E-state index contributed by atoms with van der Waals surface area (Å²) >= 11 is 0. The topological polar surface area (TPSA) is 83.8 Å². The number of nitrogens with one attached hydrogen (secondary N) is 1. The van der Waals surface area contributed by atoms with Gasteiger partial charge in [0.15, 0.2) is 5.69 Å². The average molecular weight is 234 g/mol. The second kappa shape index (κ2) is 4.04. The summed E-state index contributed by atoms with van der Waals surface area (Å²) in [4.78, 5) is 11.2. The van der Waals surface area contributed by atoms with Gasteiger partial charge in [-0.1, -0.05) is 0 Å². The third-order valence-corrected chi connectivity index (χ3v) is 2.56. The quantitative estimate of drug-likeness (QED) is 0.849. The number of rotatable bonds is 3. The van der Waals surface area contributed by atoms with Gasteiger partial charge in [-0.25, -0.2) is 4.79 Å². The van der Waals surface area contributed by atoms with Gasteiger partial charge in [-0.15, -0.1) is 0 Å². The monoisotopic (exact) mass is 234 g/mol. The van der Waals surface area contributed by atoms with Gasteiger partial charge in [0.05, 0.1) is 17.5 Å². The summed E-state index contributed by atoms with van der Waals surface area (Å²) < 4.78 is 1.64. The molecule has 6 nitrogen and oxygen atoms in total. The zero-order valence-electron chi connectivity index (χ0n) is 9.93. The normalized spacial score (nSPS) is 11.1. The minimum absolute atomic E-state index is 0.0473. The number of aromatic amines is 1. The lowest BCUT2D eigenvalue weighted by molar-refractivity contribution is 0.0690. The van der Waals surface area contributed by atoms with Crippen LogP contribution in [-0.4, -0.2) is 31.1 Å². The molecule has 0 spiro atoms. The fourth-order valence-electron chi connectivity index (χ4n) is 1.62. The summed E-state index contributed by atoms with van der Waals surface area (Å²) in [6.45, 7) is 5.77. The van der Waals surface area contributed by atoms with Crippen LogP contribution >= 0.6 is 0 Å². The smallest absolute Gasteiger partial charge is 0.357 e. The van der Waals surface area contributed by atoms with E-state index in [0.29, 0.717) is 11.3 Å². The van der Waals surface area contributed by atoms with Gasteiger partial charge in [0.1, 0.15) is 0 Å². The first kappa shape index (κ1) is 11.4. The van der Waals surface area contributed by atoms with Crippen LogP contribution in [0.3, 0.4) is 0 Å². The summed E-state index contributed by atoms with van der Waals surface area (Å²) in [6.07, 6.45) is 3.39. The minimum atomic E-state index is -1.03. The Bertz CT molecular complexity index is 554. The highest BCUT2D eigenvalue weighted by Crippen LogP contribution is 2.25.